The zero-order valence-electron chi connectivity index (χ0n) is 10.0. The normalized spacial score (nSPS) is 13.2. The monoisotopic (exact) mass is 278 g/mol. The quantitative estimate of drug-likeness (QED) is 0.791. The van der Waals surface area contributed by atoms with E-state index in [9.17, 15) is 5.11 Å². The van der Waals surface area contributed by atoms with E-state index in [4.69, 9.17) is 0 Å². The molecule has 0 saturated carbocycles. The minimum Gasteiger partial charge on any atom is -0.381 e. The second-order valence-corrected chi connectivity index (χ2v) is 6.24. The SMILES string of the molecule is CCCn1nccc1C(O)c1cc2sccc2s1. The smallest absolute Gasteiger partial charge is 0.130 e. The Balaban J connectivity index is 1.95. The van der Waals surface area contributed by atoms with Crippen molar-refractivity contribution >= 4 is 32.1 Å². The summed E-state index contributed by atoms with van der Waals surface area (Å²) in [6.07, 6.45) is 2.20. The van der Waals surface area contributed by atoms with Gasteiger partial charge in [-0.15, -0.1) is 22.7 Å². The van der Waals surface area contributed by atoms with Crippen LogP contribution in [0.3, 0.4) is 0 Å². The molecule has 18 heavy (non-hydrogen) atoms. The molecule has 94 valence electrons. The molecule has 1 N–H and O–H groups in total. The molecule has 0 aliphatic carbocycles. The number of aromatic nitrogens is 2. The van der Waals surface area contributed by atoms with Crippen LogP contribution in [0.2, 0.25) is 0 Å². The number of nitrogens with zero attached hydrogens (tertiary/aromatic N) is 2. The van der Waals surface area contributed by atoms with Gasteiger partial charge in [0.15, 0.2) is 0 Å². The van der Waals surface area contributed by atoms with Crippen LogP contribution >= 0.6 is 22.7 Å². The highest BCUT2D eigenvalue weighted by Gasteiger charge is 2.17. The minimum atomic E-state index is -0.566. The molecule has 5 heteroatoms. The van der Waals surface area contributed by atoms with Crippen LogP contribution in [-0.2, 0) is 6.54 Å². The first-order chi connectivity index (χ1) is 8.79. The van der Waals surface area contributed by atoms with Crippen molar-refractivity contribution in [3.8, 4) is 0 Å². The molecule has 3 aromatic heterocycles. The summed E-state index contributed by atoms with van der Waals surface area (Å²) in [4.78, 5) is 0.995. The lowest BCUT2D eigenvalue weighted by atomic mass is 10.2. The maximum absolute atomic E-state index is 10.5. The lowest BCUT2D eigenvalue weighted by Crippen LogP contribution is -2.09. The van der Waals surface area contributed by atoms with E-state index in [0.29, 0.717) is 0 Å². The molecule has 0 aliphatic heterocycles. The lowest BCUT2D eigenvalue weighted by Gasteiger charge is -2.11. The summed E-state index contributed by atoms with van der Waals surface area (Å²) >= 11 is 3.37. The van der Waals surface area contributed by atoms with Gasteiger partial charge >= 0.3 is 0 Å². The van der Waals surface area contributed by atoms with Crippen molar-refractivity contribution in [2.45, 2.75) is 26.0 Å². The standard InChI is InChI=1S/C13H14N2OS2/c1-2-6-15-9(3-5-14-15)13(16)12-8-11-10(18-12)4-7-17-11/h3-5,7-8,13,16H,2,6H2,1H3. The van der Waals surface area contributed by atoms with Crippen molar-refractivity contribution in [2.75, 3.05) is 0 Å². The molecular formula is C13H14N2OS2. The van der Waals surface area contributed by atoms with E-state index in [1.165, 1.54) is 9.40 Å². The fourth-order valence-electron chi connectivity index (χ4n) is 2.04. The third-order valence-electron chi connectivity index (χ3n) is 2.89. The van der Waals surface area contributed by atoms with Gasteiger partial charge in [0.1, 0.15) is 6.10 Å². The van der Waals surface area contributed by atoms with Crippen molar-refractivity contribution < 1.29 is 5.11 Å². The summed E-state index contributed by atoms with van der Waals surface area (Å²) in [6, 6.07) is 6.08. The molecular weight excluding hydrogens is 264 g/mol. The predicted octanol–water partition coefficient (Wildman–Crippen LogP) is 3.65. The number of thiophene rings is 2. The van der Waals surface area contributed by atoms with E-state index in [2.05, 4.69) is 29.5 Å². The maximum Gasteiger partial charge on any atom is 0.130 e. The molecule has 1 atom stereocenters. The van der Waals surface area contributed by atoms with Gasteiger partial charge in [-0.2, -0.15) is 5.10 Å². The first kappa shape index (κ1) is 11.9. The molecule has 3 rings (SSSR count). The Morgan fingerprint density at radius 2 is 2.28 bits per heavy atom. The Morgan fingerprint density at radius 3 is 3.06 bits per heavy atom. The average Bonchev–Trinajstić information content (AvgIpc) is 3.02. The first-order valence-electron chi connectivity index (χ1n) is 5.96. The second kappa shape index (κ2) is 4.84. The molecule has 1 unspecified atom stereocenters. The minimum absolute atomic E-state index is 0.566. The Kier molecular flexibility index (Phi) is 3.20. The molecule has 0 fully saturated rings. The van der Waals surface area contributed by atoms with Crippen LogP contribution in [0, 0.1) is 0 Å². The van der Waals surface area contributed by atoms with Gasteiger partial charge in [-0.25, -0.2) is 0 Å². The van der Waals surface area contributed by atoms with Crippen LogP contribution in [0.25, 0.3) is 9.40 Å². The van der Waals surface area contributed by atoms with E-state index >= 15 is 0 Å². The number of aliphatic hydroxyl groups is 1. The second-order valence-electron chi connectivity index (χ2n) is 4.18. The molecule has 0 aliphatic rings. The van der Waals surface area contributed by atoms with E-state index in [0.717, 1.165) is 23.5 Å². The van der Waals surface area contributed by atoms with Crippen LogP contribution in [0.5, 0.6) is 0 Å². The summed E-state index contributed by atoms with van der Waals surface area (Å²) in [7, 11) is 0. The fourth-order valence-corrected chi connectivity index (χ4v) is 4.16. The summed E-state index contributed by atoms with van der Waals surface area (Å²) in [6.45, 7) is 2.96. The Bertz CT molecular complexity index is 624. The zero-order valence-corrected chi connectivity index (χ0v) is 11.7. The molecule has 3 aromatic rings. The molecule has 0 amide bonds. The lowest BCUT2D eigenvalue weighted by molar-refractivity contribution is 0.211. The van der Waals surface area contributed by atoms with E-state index < -0.39 is 6.10 Å². The largest absolute Gasteiger partial charge is 0.381 e. The summed E-state index contributed by atoms with van der Waals surface area (Å²) in [5.74, 6) is 0. The number of fused-ring (bicyclic) bond motifs is 1. The molecule has 3 heterocycles. The highest BCUT2D eigenvalue weighted by molar-refractivity contribution is 7.26. The number of aliphatic hydroxyl groups excluding tert-OH is 1. The average molecular weight is 278 g/mol. The molecule has 0 saturated heterocycles. The van der Waals surface area contributed by atoms with Gasteiger partial charge in [-0.1, -0.05) is 6.92 Å². The van der Waals surface area contributed by atoms with Crippen LogP contribution in [0.4, 0.5) is 0 Å². The number of rotatable bonds is 4. The molecule has 0 radical (unpaired) electrons. The predicted molar refractivity (Wildman–Crippen MR) is 76.3 cm³/mol. The van der Waals surface area contributed by atoms with Gasteiger partial charge in [0.25, 0.3) is 0 Å². The van der Waals surface area contributed by atoms with Crippen molar-refractivity contribution in [3.63, 3.8) is 0 Å². The molecule has 0 spiro atoms. The summed E-state index contributed by atoms with van der Waals surface area (Å²) in [5.41, 5.74) is 0.880. The Morgan fingerprint density at radius 1 is 1.39 bits per heavy atom. The maximum atomic E-state index is 10.5. The third kappa shape index (κ3) is 1.98. The molecule has 0 bridgehead atoms. The third-order valence-corrected chi connectivity index (χ3v) is 5.04. The van der Waals surface area contributed by atoms with E-state index in [1.54, 1.807) is 28.9 Å². The Labute approximate surface area is 113 Å². The topological polar surface area (TPSA) is 38.0 Å². The van der Waals surface area contributed by atoms with E-state index in [1.807, 2.05) is 10.7 Å². The summed E-state index contributed by atoms with van der Waals surface area (Å²) in [5, 5.41) is 16.8. The van der Waals surface area contributed by atoms with Gasteiger partial charge in [-0.3, -0.25) is 4.68 Å². The van der Waals surface area contributed by atoms with Crippen molar-refractivity contribution in [1.82, 2.24) is 9.78 Å². The van der Waals surface area contributed by atoms with Gasteiger partial charge in [-0.05, 0) is 30.0 Å². The highest BCUT2D eigenvalue weighted by atomic mass is 32.1. The van der Waals surface area contributed by atoms with Crippen LogP contribution in [0.15, 0.2) is 29.8 Å². The van der Waals surface area contributed by atoms with Gasteiger partial charge in [0, 0.05) is 27.0 Å². The molecule has 3 nitrogen and oxygen atoms in total. The van der Waals surface area contributed by atoms with Crippen LogP contribution < -0.4 is 0 Å². The zero-order chi connectivity index (χ0) is 12.5. The highest BCUT2D eigenvalue weighted by Crippen LogP contribution is 2.35. The number of hydrogen-bond donors (Lipinski definition) is 1. The van der Waals surface area contributed by atoms with Crippen molar-refractivity contribution in [2.24, 2.45) is 0 Å². The fraction of sp³-hybridized carbons (Fsp3) is 0.308. The number of hydrogen-bond acceptors (Lipinski definition) is 4. The van der Waals surface area contributed by atoms with Crippen molar-refractivity contribution in [1.29, 1.82) is 0 Å². The van der Waals surface area contributed by atoms with Gasteiger partial charge in [0.2, 0.25) is 0 Å². The van der Waals surface area contributed by atoms with Crippen LogP contribution in [0.1, 0.15) is 30.0 Å². The molecule has 0 aromatic carbocycles. The Hall–Kier alpha value is -1.17. The van der Waals surface area contributed by atoms with E-state index in [-0.39, 0.29) is 0 Å². The summed E-state index contributed by atoms with van der Waals surface area (Å²) < 4.78 is 4.38. The first-order valence-corrected chi connectivity index (χ1v) is 7.66. The van der Waals surface area contributed by atoms with Gasteiger partial charge in [0.05, 0.1) is 5.69 Å². The number of aryl methyl sites for hydroxylation is 1. The van der Waals surface area contributed by atoms with Gasteiger partial charge < -0.3 is 5.11 Å². The van der Waals surface area contributed by atoms with Crippen LogP contribution in [-0.4, -0.2) is 14.9 Å². The van der Waals surface area contributed by atoms with Crippen molar-refractivity contribution in [3.05, 3.63) is 40.3 Å².